The Morgan fingerprint density at radius 2 is 1.96 bits per heavy atom. The van der Waals surface area contributed by atoms with Gasteiger partial charge in [0.15, 0.2) is 0 Å². The molecule has 26 heavy (non-hydrogen) atoms. The Morgan fingerprint density at radius 1 is 1.23 bits per heavy atom. The Balaban J connectivity index is 1.80. The van der Waals surface area contributed by atoms with E-state index in [4.69, 9.17) is 4.74 Å². The van der Waals surface area contributed by atoms with E-state index in [1.165, 1.54) is 10.6 Å². The maximum atomic E-state index is 12.8. The van der Waals surface area contributed by atoms with Gasteiger partial charge in [0.05, 0.1) is 7.11 Å². The van der Waals surface area contributed by atoms with Gasteiger partial charge in [0, 0.05) is 25.5 Å². The number of hydrogen-bond acceptors (Lipinski definition) is 4. The lowest BCUT2D eigenvalue weighted by atomic mass is 10.1. The van der Waals surface area contributed by atoms with Gasteiger partial charge in [-0.3, -0.25) is 14.0 Å². The van der Waals surface area contributed by atoms with Crippen molar-refractivity contribution >= 4 is 11.6 Å². The third-order valence-electron chi connectivity index (χ3n) is 4.52. The van der Waals surface area contributed by atoms with E-state index in [9.17, 15) is 9.59 Å². The first-order valence-electron chi connectivity index (χ1n) is 8.37. The van der Waals surface area contributed by atoms with Crippen LogP contribution >= 0.6 is 0 Å². The van der Waals surface area contributed by atoms with Crippen LogP contribution in [0.3, 0.4) is 0 Å². The van der Waals surface area contributed by atoms with Gasteiger partial charge in [0.25, 0.3) is 11.5 Å². The number of ether oxygens (including phenoxy) is 1. The molecule has 3 rings (SSSR count). The minimum absolute atomic E-state index is 0.0674. The summed E-state index contributed by atoms with van der Waals surface area (Å²) in [5.41, 5.74) is 1.32. The summed E-state index contributed by atoms with van der Waals surface area (Å²) < 4.78 is 6.54. The highest BCUT2D eigenvalue weighted by molar-refractivity contribution is 5.93. The zero-order valence-electron chi connectivity index (χ0n) is 15.0. The molecule has 1 atom stereocenters. The number of benzene rings is 1. The third kappa shape index (κ3) is 3.44. The van der Waals surface area contributed by atoms with Crippen LogP contribution in [0.1, 0.15) is 22.8 Å². The smallest absolute Gasteiger partial charge is 0.270 e. The lowest BCUT2D eigenvalue weighted by Gasteiger charge is -2.25. The summed E-state index contributed by atoms with van der Waals surface area (Å²) in [5, 5.41) is 0. The van der Waals surface area contributed by atoms with Gasteiger partial charge < -0.3 is 9.64 Å². The van der Waals surface area contributed by atoms with E-state index < -0.39 is 0 Å². The standard InChI is InChI=1S/C20H21N3O3/c1-14(12-15-7-9-16(26-3)10-8-15)22(2)19(24)17-13-21-18-6-4-5-11-23(18)20(17)25/h4-11,13-14H,12H2,1-3H3. The third-order valence-corrected chi connectivity index (χ3v) is 4.52. The van der Waals surface area contributed by atoms with E-state index in [2.05, 4.69) is 4.98 Å². The van der Waals surface area contributed by atoms with Gasteiger partial charge in [0.1, 0.15) is 17.0 Å². The van der Waals surface area contributed by atoms with Crippen LogP contribution in [0.2, 0.25) is 0 Å². The number of fused-ring (bicyclic) bond motifs is 1. The Bertz CT molecular complexity index is 980. The number of methoxy groups -OCH3 is 1. The number of amides is 1. The van der Waals surface area contributed by atoms with Gasteiger partial charge in [-0.2, -0.15) is 0 Å². The highest BCUT2D eigenvalue weighted by Crippen LogP contribution is 2.15. The van der Waals surface area contributed by atoms with Gasteiger partial charge >= 0.3 is 0 Å². The molecule has 0 spiro atoms. The van der Waals surface area contributed by atoms with Crippen LogP contribution < -0.4 is 10.3 Å². The van der Waals surface area contributed by atoms with Crippen molar-refractivity contribution in [2.24, 2.45) is 0 Å². The quantitative estimate of drug-likeness (QED) is 0.708. The van der Waals surface area contributed by atoms with Crippen LogP contribution in [0.4, 0.5) is 0 Å². The Morgan fingerprint density at radius 3 is 2.65 bits per heavy atom. The maximum Gasteiger partial charge on any atom is 0.270 e. The summed E-state index contributed by atoms with van der Waals surface area (Å²) in [6.45, 7) is 1.95. The number of nitrogens with zero attached hydrogens (tertiary/aromatic N) is 3. The minimum atomic E-state index is -0.357. The molecule has 3 aromatic rings. The molecule has 0 saturated carbocycles. The second-order valence-electron chi connectivity index (χ2n) is 6.22. The first-order valence-corrected chi connectivity index (χ1v) is 8.37. The average Bonchev–Trinajstić information content (AvgIpc) is 2.68. The number of pyridine rings is 1. The summed E-state index contributed by atoms with van der Waals surface area (Å²) in [6, 6.07) is 12.9. The molecule has 1 aromatic carbocycles. The normalized spacial score (nSPS) is 12.0. The Hall–Kier alpha value is -3.15. The zero-order valence-corrected chi connectivity index (χ0v) is 15.0. The van der Waals surface area contributed by atoms with Crippen LogP contribution in [0.25, 0.3) is 5.65 Å². The fourth-order valence-corrected chi connectivity index (χ4v) is 2.80. The average molecular weight is 351 g/mol. The molecule has 0 fully saturated rings. The molecule has 0 bridgehead atoms. The van der Waals surface area contributed by atoms with Crippen molar-refractivity contribution in [3.63, 3.8) is 0 Å². The summed E-state index contributed by atoms with van der Waals surface area (Å²) in [7, 11) is 3.33. The predicted octanol–water partition coefficient (Wildman–Crippen LogP) is 2.41. The Kier molecular flexibility index (Phi) is 5.02. The minimum Gasteiger partial charge on any atom is -0.497 e. The van der Waals surface area contributed by atoms with Crippen molar-refractivity contribution in [3.8, 4) is 5.75 Å². The fourth-order valence-electron chi connectivity index (χ4n) is 2.80. The molecule has 6 heteroatoms. The van der Waals surface area contributed by atoms with Crippen LogP contribution in [0.5, 0.6) is 5.75 Å². The van der Waals surface area contributed by atoms with Crippen molar-refractivity contribution in [3.05, 3.63) is 76.3 Å². The molecule has 6 nitrogen and oxygen atoms in total. The molecule has 0 N–H and O–H groups in total. The molecule has 2 heterocycles. The largest absolute Gasteiger partial charge is 0.497 e. The van der Waals surface area contributed by atoms with E-state index in [1.54, 1.807) is 43.5 Å². The van der Waals surface area contributed by atoms with Gasteiger partial charge in [-0.05, 0) is 43.2 Å². The highest BCUT2D eigenvalue weighted by Gasteiger charge is 2.21. The van der Waals surface area contributed by atoms with Crippen LogP contribution in [-0.4, -0.2) is 40.4 Å². The van der Waals surface area contributed by atoms with Crippen molar-refractivity contribution in [1.29, 1.82) is 0 Å². The Labute approximate surface area is 151 Å². The van der Waals surface area contributed by atoms with E-state index in [0.717, 1.165) is 11.3 Å². The first kappa shape index (κ1) is 17.7. The SMILES string of the molecule is COc1ccc(CC(C)N(C)C(=O)c2cnc3ccccn3c2=O)cc1. The number of likely N-dealkylation sites (N-methyl/N-ethyl adjacent to an activating group) is 1. The number of aromatic nitrogens is 2. The first-order chi connectivity index (χ1) is 12.5. The molecule has 1 unspecified atom stereocenters. The molecule has 0 saturated heterocycles. The predicted molar refractivity (Wildman–Crippen MR) is 99.7 cm³/mol. The summed E-state index contributed by atoms with van der Waals surface area (Å²) >= 11 is 0. The fraction of sp³-hybridized carbons (Fsp3) is 0.250. The number of hydrogen-bond donors (Lipinski definition) is 0. The van der Waals surface area contributed by atoms with Crippen molar-refractivity contribution in [2.45, 2.75) is 19.4 Å². The molecule has 2 aromatic heterocycles. The lowest BCUT2D eigenvalue weighted by Crippen LogP contribution is -2.39. The second kappa shape index (κ2) is 7.39. The van der Waals surface area contributed by atoms with E-state index in [-0.39, 0.29) is 23.1 Å². The van der Waals surface area contributed by atoms with Crippen LogP contribution in [0.15, 0.2) is 59.7 Å². The monoisotopic (exact) mass is 351 g/mol. The van der Waals surface area contributed by atoms with Gasteiger partial charge in [-0.1, -0.05) is 18.2 Å². The number of carbonyl (C=O) groups excluding carboxylic acids is 1. The molecule has 0 aliphatic carbocycles. The van der Waals surface area contributed by atoms with Crippen LogP contribution in [0, 0.1) is 0 Å². The highest BCUT2D eigenvalue weighted by atomic mass is 16.5. The zero-order chi connectivity index (χ0) is 18.7. The van der Waals surface area contributed by atoms with Crippen molar-refractivity contribution < 1.29 is 9.53 Å². The number of carbonyl (C=O) groups is 1. The van der Waals surface area contributed by atoms with Crippen LogP contribution in [-0.2, 0) is 6.42 Å². The van der Waals surface area contributed by atoms with Crippen molar-refractivity contribution in [2.75, 3.05) is 14.2 Å². The second-order valence-corrected chi connectivity index (χ2v) is 6.22. The van der Waals surface area contributed by atoms with E-state index >= 15 is 0 Å². The molecule has 0 aliphatic heterocycles. The molecule has 0 aliphatic rings. The van der Waals surface area contributed by atoms with Crippen molar-refractivity contribution in [1.82, 2.24) is 14.3 Å². The van der Waals surface area contributed by atoms with E-state index in [0.29, 0.717) is 12.1 Å². The summed E-state index contributed by atoms with van der Waals surface area (Å²) in [6.07, 6.45) is 3.65. The lowest BCUT2D eigenvalue weighted by molar-refractivity contribution is 0.0741. The molecule has 1 amide bonds. The van der Waals surface area contributed by atoms with E-state index in [1.807, 2.05) is 31.2 Å². The van der Waals surface area contributed by atoms with Gasteiger partial charge in [0.2, 0.25) is 0 Å². The molecular weight excluding hydrogens is 330 g/mol. The van der Waals surface area contributed by atoms with Gasteiger partial charge in [-0.25, -0.2) is 4.98 Å². The maximum absolute atomic E-state index is 12.8. The molecular formula is C20H21N3O3. The molecule has 0 radical (unpaired) electrons. The topological polar surface area (TPSA) is 63.9 Å². The molecule has 134 valence electrons. The van der Waals surface area contributed by atoms with Gasteiger partial charge in [-0.15, -0.1) is 0 Å². The summed E-state index contributed by atoms with van der Waals surface area (Å²) in [5.74, 6) is 0.461. The summed E-state index contributed by atoms with van der Waals surface area (Å²) in [4.78, 5) is 31.2. The number of rotatable bonds is 5.